The molecule has 5 nitrogen and oxygen atoms in total. The zero-order valence-corrected chi connectivity index (χ0v) is 24.5. The molecular formula is C33H47FN4O. The topological polar surface area (TPSA) is 41.4 Å². The Labute approximate surface area is 234 Å². The van der Waals surface area contributed by atoms with Crippen LogP contribution in [0.3, 0.4) is 0 Å². The van der Waals surface area contributed by atoms with Crippen molar-refractivity contribution in [3.05, 3.63) is 65.2 Å². The monoisotopic (exact) mass is 534 g/mol. The Bertz CT molecular complexity index is 1180. The van der Waals surface area contributed by atoms with E-state index >= 15 is 0 Å². The maximum Gasteiger partial charge on any atom is 0.253 e. The summed E-state index contributed by atoms with van der Waals surface area (Å²) in [6, 6.07) is 12.7. The van der Waals surface area contributed by atoms with E-state index in [1.54, 1.807) is 0 Å². The number of imidazole rings is 1. The summed E-state index contributed by atoms with van der Waals surface area (Å²) in [6.45, 7) is 14.7. The Morgan fingerprint density at radius 1 is 0.923 bits per heavy atom. The van der Waals surface area contributed by atoms with Crippen molar-refractivity contribution in [2.45, 2.75) is 79.2 Å². The van der Waals surface area contributed by atoms with Crippen LogP contribution in [0.15, 0.2) is 42.5 Å². The molecule has 0 atom stereocenters. The Morgan fingerprint density at radius 2 is 1.59 bits per heavy atom. The zero-order chi connectivity index (χ0) is 27.8. The Balaban J connectivity index is 1.61. The highest BCUT2D eigenvalue weighted by Gasteiger charge is 2.20. The van der Waals surface area contributed by atoms with Gasteiger partial charge in [0.15, 0.2) is 0 Å². The molecule has 0 unspecified atom stereocenters. The molecule has 2 heterocycles. The lowest BCUT2D eigenvalue weighted by Crippen LogP contribution is -2.34. The molecule has 2 aromatic carbocycles. The van der Waals surface area contributed by atoms with E-state index in [4.69, 9.17) is 4.98 Å². The van der Waals surface area contributed by atoms with E-state index < -0.39 is 0 Å². The van der Waals surface area contributed by atoms with Gasteiger partial charge in [-0.3, -0.25) is 4.79 Å². The maximum atomic E-state index is 13.7. The van der Waals surface area contributed by atoms with Gasteiger partial charge in [-0.25, -0.2) is 9.37 Å². The number of amides is 1. The van der Waals surface area contributed by atoms with Crippen molar-refractivity contribution in [2.24, 2.45) is 11.8 Å². The van der Waals surface area contributed by atoms with Crippen LogP contribution in [-0.2, 0) is 13.0 Å². The van der Waals surface area contributed by atoms with Crippen LogP contribution in [0.25, 0.3) is 11.0 Å². The molecule has 0 saturated carbocycles. The average Bonchev–Trinajstić information content (AvgIpc) is 3.26. The molecule has 4 rings (SSSR count). The summed E-state index contributed by atoms with van der Waals surface area (Å²) < 4.78 is 15.8. The molecule has 1 aromatic heterocycles. The van der Waals surface area contributed by atoms with Gasteiger partial charge in [0.05, 0.1) is 11.0 Å². The minimum absolute atomic E-state index is 0.111. The molecule has 1 aliphatic heterocycles. The van der Waals surface area contributed by atoms with Crippen molar-refractivity contribution in [1.29, 1.82) is 0 Å². The van der Waals surface area contributed by atoms with Gasteiger partial charge in [-0.05, 0) is 99.5 Å². The number of nitrogens with zero attached hydrogens (tertiary/aromatic N) is 4. The zero-order valence-electron chi connectivity index (χ0n) is 24.5. The Morgan fingerprint density at radius 3 is 2.23 bits per heavy atom. The molecule has 0 aliphatic carbocycles. The van der Waals surface area contributed by atoms with E-state index in [2.05, 4.69) is 43.2 Å². The summed E-state index contributed by atoms with van der Waals surface area (Å²) in [7, 11) is 0. The molecule has 3 aromatic rings. The summed E-state index contributed by atoms with van der Waals surface area (Å²) in [5, 5.41) is 0. The molecule has 0 radical (unpaired) electrons. The van der Waals surface area contributed by atoms with Crippen molar-refractivity contribution in [3.63, 3.8) is 0 Å². The molecule has 212 valence electrons. The van der Waals surface area contributed by atoms with Crippen LogP contribution in [0.5, 0.6) is 0 Å². The number of benzene rings is 2. The van der Waals surface area contributed by atoms with Gasteiger partial charge in [0, 0.05) is 31.6 Å². The number of aromatic nitrogens is 2. The van der Waals surface area contributed by atoms with E-state index in [0.29, 0.717) is 18.3 Å². The molecule has 1 amide bonds. The number of rotatable bonds is 13. The molecular weight excluding hydrogens is 487 g/mol. The second kappa shape index (κ2) is 14.1. The Kier molecular flexibility index (Phi) is 10.6. The van der Waals surface area contributed by atoms with Crippen LogP contribution in [0.2, 0.25) is 0 Å². The third kappa shape index (κ3) is 8.38. The quantitative estimate of drug-likeness (QED) is 0.233. The normalized spacial score (nSPS) is 14.5. The molecule has 1 aliphatic rings. The summed E-state index contributed by atoms with van der Waals surface area (Å²) >= 11 is 0. The summed E-state index contributed by atoms with van der Waals surface area (Å²) in [6.07, 6.45) is 7.60. The second-order valence-corrected chi connectivity index (χ2v) is 12.1. The standard InChI is InChI=1S/C33H47FN4O/c1-25(2)15-21-37(22-16-26(3)4)33(39)28-11-14-30-31(24-28)38(20-8-19-36-17-6-5-7-18-36)32(35-30)23-27-9-12-29(34)13-10-27/h9-14,24-26H,5-8,15-23H2,1-4H3. The van der Waals surface area contributed by atoms with Gasteiger partial charge in [0.1, 0.15) is 11.6 Å². The SMILES string of the molecule is CC(C)CCN(CCC(C)C)C(=O)c1ccc2nc(Cc3ccc(F)cc3)n(CCCN3CCCCC3)c2c1. The highest BCUT2D eigenvalue weighted by molar-refractivity contribution is 5.97. The number of fused-ring (bicyclic) bond motifs is 1. The fourth-order valence-electron chi connectivity index (χ4n) is 5.44. The number of hydrogen-bond acceptors (Lipinski definition) is 3. The highest BCUT2D eigenvalue weighted by atomic mass is 19.1. The van der Waals surface area contributed by atoms with Gasteiger partial charge >= 0.3 is 0 Å². The molecule has 0 N–H and O–H groups in total. The summed E-state index contributed by atoms with van der Waals surface area (Å²) in [4.78, 5) is 23.3. The fourth-order valence-corrected chi connectivity index (χ4v) is 5.44. The minimum atomic E-state index is -0.226. The first-order chi connectivity index (χ1) is 18.8. The van der Waals surface area contributed by atoms with E-state index in [1.165, 1.54) is 44.5 Å². The second-order valence-electron chi connectivity index (χ2n) is 12.1. The molecule has 0 bridgehead atoms. The van der Waals surface area contributed by atoms with Crippen molar-refractivity contribution in [3.8, 4) is 0 Å². The van der Waals surface area contributed by atoms with Crippen molar-refractivity contribution >= 4 is 16.9 Å². The van der Waals surface area contributed by atoms with Crippen LogP contribution in [0.4, 0.5) is 4.39 Å². The predicted octanol–water partition coefficient (Wildman–Crippen LogP) is 7.18. The number of likely N-dealkylation sites (tertiary alicyclic amines) is 1. The van der Waals surface area contributed by atoms with Gasteiger partial charge in [-0.15, -0.1) is 0 Å². The van der Waals surface area contributed by atoms with Crippen molar-refractivity contribution in [2.75, 3.05) is 32.7 Å². The molecule has 6 heteroatoms. The number of carbonyl (C=O) groups is 1. The predicted molar refractivity (Wildman–Crippen MR) is 159 cm³/mol. The van der Waals surface area contributed by atoms with Crippen LogP contribution in [0.1, 0.15) is 88.0 Å². The third-order valence-corrected chi connectivity index (χ3v) is 7.89. The van der Waals surface area contributed by atoms with E-state index in [9.17, 15) is 9.18 Å². The highest BCUT2D eigenvalue weighted by Crippen LogP contribution is 2.23. The minimum Gasteiger partial charge on any atom is -0.339 e. The van der Waals surface area contributed by atoms with Gasteiger partial charge in [0.2, 0.25) is 0 Å². The molecule has 1 saturated heterocycles. The molecule has 1 fully saturated rings. The average molecular weight is 535 g/mol. The third-order valence-electron chi connectivity index (χ3n) is 7.89. The Hall–Kier alpha value is -2.73. The lowest BCUT2D eigenvalue weighted by atomic mass is 10.1. The fraction of sp³-hybridized carbons (Fsp3) is 0.576. The van der Waals surface area contributed by atoms with Crippen molar-refractivity contribution in [1.82, 2.24) is 19.4 Å². The van der Waals surface area contributed by atoms with Crippen LogP contribution in [-0.4, -0.2) is 58.0 Å². The van der Waals surface area contributed by atoms with Gasteiger partial charge < -0.3 is 14.4 Å². The summed E-state index contributed by atoms with van der Waals surface area (Å²) in [5.41, 5.74) is 3.70. The number of halogens is 1. The summed E-state index contributed by atoms with van der Waals surface area (Å²) in [5.74, 6) is 1.96. The van der Waals surface area contributed by atoms with Crippen molar-refractivity contribution < 1.29 is 9.18 Å². The van der Waals surface area contributed by atoms with Gasteiger partial charge in [-0.1, -0.05) is 46.2 Å². The van der Waals surface area contributed by atoms with E-state index in [0.717, 1.165) is 73.4 Å². The first kappa shape index (κ1) is 29.3. The van der Waals surface area contributed by atoms with Crippen LogP contribution < -0.4 is 0 Å². The maximum absolute atomic E-state index is 13.7. The number of aryl methyl sites for hydroxylation is 1. The first-order valence-electron chi connectivity index (χ1n) is 15.1. The smallest absolute Gasteiger partial charge is 0.253 e. The van der Waals surface area contributed by atoms with E-state index in [1.807, 2.05) is 29.2 Å². The largest absolute Gasteiger partial charge is 0.339 e. The number of hydrogen-bond donors (Lipinski definition) is 0. The van der Waals surface area contributed by atoms with Crippen LogP contribution in [0, 0.1) is 17.7 Å². The molecule has 0 spiro atoms. The lowest BCUT2D eigenvalue weighted by Gasteiger charge is -2.26. The molecule has 39 heavy (non-hydrogen) atoms. The number of carbonyl (C=O) groups excluding carboxylic acids is 1. The van der Waals surface area contributed by atoms with Crippen LogP contribution >= 0.6 is 0 Å². The number of piperidine rings is 1. The van der Waals surface area contributed by atoms with Gasteiger partial charge in [-0.2, -0.15) is 0 Å². The van der Waals surface area contributed by atoms with E-state index in [-0.39, 0.29) is 11.7 Å². The first-order valence-corrected chi connectivity index (χ1v) is 15.1. The van der Waals surface area contributed by atoms with Gasteiger partial charge in [0.25, 0.3) is 5.91 Å². The lowest BCUT2D eigenvalue weighted by molar-refractivity contribution is 0.0741.